The summed E-state index contributed by atoms with van der Waals surface area (Å²) in [5.74, 6) is -0.284. The average molecular weight is 374 g/mol. The van der Waals surface area contributed by atoms with Crippen LogP contribution in [0.4, 0.5) is 4.79 Å². The highest BCUT2D eigenvalue weighted by atomic mass is 32.1. The van der Waals surface area contributed by atoms with Crippen molar-refractivity contribution in [3.63, 3.8) is 0 Å². The van der Waals surface area contributed by atoms with Crippen LogP contribution in [0.5, 0.6) is 0 Å². The van der Waals surface area contributed by atoms with Gasteiger partial charge in [-0.2, -0.15) is 0 Å². The number of benzene rings is 1. The van der Waals surface area contributed by atoms with E-state index >= 15 is 0 Å². The van der Waals surface area contributed by atoms with Gasteiger partial charge in [-0.1, -0.05) is 12.1 Å². The van der Waals surface area contributed by atoms with Crippen LogP contribution >= 0.6 is 11.3 Å². The van der Waals surface area contributed by atoms with Crippen LogP contribution in [0.25, 0.3) is 10.2 Å². The predicted molar refractivity (Wildman–Crippen MR) is 99.7 cm³/mol. The molecule has 0 saturated carbocycles. The molecule has 2 aromatic rings. The maximum Gasteiger partial charge on any atom is 0.325 e. The molecule has 1 aliphatic rings. The Morgan fingerprint density at radius 3 is 2.69 bits per heavy atom. The molecule has 4 amide bonds. The van der Waals surface area contributed by atoms with E-state index in [1.165, 1.54) is 4.90 Å². The number of nitrogens with zero attached hydrogens (tertiary/aromatic N) is 3. The molecular weight excluding hydrogens is 352 g/mol. The van der Waals surface area contributed by atoms with Crippen LogP contribution in [-0.4, -0.2) is 51.8 Å². The zero-order valence-electron chi connectivity index (χ0n) is 15.1. The fourth-order valence-corrected chi connectivity index (χ4v) is 3.90. The van der Waals surface area contributed by atoms with Crippen LogP contribution in [0.2, 0.25) is 0 Å². The quantitative estimate of drug-likeness (QED) is 0.787. The van der Waals surface area contributed by atoms with E-state index in [1.54, 1.807) is 37.1 Å². The minimum absolute atomic E-state index is 0.0319. The van der Waals surface area contributed by atoms with Crippen molar-refractivity contribution in [3.05, 3.63) is 29.3 Å². The number of aromatic nitrogens is 1. The minimum Gasteiger partial charge on any atom is -0.339 e. The molecule has 1 N–H and O–H groups in total. The summed E-state index contributed by atoms with van der Waals surface area (Å²) in [5.41, 5.74) is 0.0691. The molecule has 0 aliphatic carbocycles. The normalized spacial score (nSPS) is 16.2. The van der Waals surface area contributed by atoms with Gasteiger partial charge < -0.3 is 10.2 Å². The molecule has 8 heteroatoms. The van der Waals surface area contributed by atoms with E-state index in [9.17, 15) is 14.4 Å². The molecule has 0 spiro atoms. The first kappa shape index (κ1) is 18.3. The van der Waals surface area contributed by atoms with Crippen molar-refractivity contribution >= 4 is 39.4 Å². The summed E-state index contributed by atoms with van der Waals surface area (Å²) in [4.78, 5) is 43.6. The van der Waals surface area contributed by atoms with Crippen molar-refractivity contribution in [1.29, 1.82) is 0 Å². The molecule has 138 valence electrons. The highest BCUT2D eigenvalue weighted by Crippen LogP contribution is 2.22. The Morgan fingerprint density at radius 1 is 1.31 bits per heavy atom. The van der Waals surface area contributed by atoms with Crippen molar-refractivity contribution < 1.29 is 14.4 Å². The highest BCUT2D eigenvalue weighted by molar-refractivity contribution is 7.18. The maximum absolute atomic E-state index is 12.3. The molecule has 1 fully saturated rings. The van der Waals surface area contributed by atoms with E-state index in [0.29, 0.717) is 13.0 Å². The fraction of sp³-hybridized carbons (Fsp3) is 0.444. The van der Waals surface area contributed by atoms with E-state index in [2.05, 4.69) is 10.3 Å². The molecule has 26 heavy (non-hydrogen) atoms. The first-order valence-corrected chi connectivity index (χ1v) is 9.32. The Kier molecular flexibility index (Phi) is 4.95. The van der Waals surface area contributed by atoms with Gasteiger partial charge in [0.25, 0.3) is 5.91 Å². The third-order valence-electron chi connectivity index (χ3n) is 4.35. The molecule has 0 unspecified atom stereocenters. The highest BCUT2D eigenvalue weighted by Gasteiger charge is 2.43. The molecule has 0 atom stereocenters. The number of hydrogen-bond acceptors (Lipinski definition) is 5. The SMILES string of the molecule is CN(Cc1nc2ccccc2s1)C(=O)CCCN1C(=O)NC(C)(C)C1=O. The minimum atomic E-state index is -0.870. The molecule has 3 rings (SSSR count). The third kappa shape index (κ3) is 3.70. The topological polar surface area (TPSA) is 82.6 Å². The van der Waals surface area contributed by atoms with E-state index < -0.39 is 11.6 Å². The van der Waals surface area contributed by atoms with Crippen molar-refractivity contribution in [2.45, 2.75) is 38.8 Å². The first-order valence-electron chi connectivity index (χ1n) is 8.50. The van der Waals surface area contributed by atoms with Gasteiger partial charge in [0.15, 0.2) is 0 Å². The van der Waals surface area contributed by atoms with Gasteiger partial charge in [-0.25, -0.2) is 9.78 Å². The summed E-state index contributed by atoms with van der Waals surface area (Å²) in [7, 11) is 1.74. The van der Waals surface area contributed by atoms with Gasteiger partial charge in [-0.05, 0) is 32.4 Å². The standard InChI is InChI=1S/C18H22N4O3S/c1-18(2)16(24)22(17(25)20-18)10-6-9-15(23)21(3)11-14-19-12-7-4-5-8-13(12)26-14/h4-5,7-8H,6,9-11H2,1-3H3,(H,20,25). The zero-order chi connectivity index (χ0) is 18.9. The van der Waals surface area contributed by atoms with Gasteiger partial charge in [-0.15, -0.1) is 11.3 Å². The molecule has 2 heterocycles. The molecule has 0 radical (unpaired) electrons. The number of imide groups is 1. The number of thiazole rings is 1. The summed E-state index contributed by atoms with van der Waals surface area (Å²) in [6, 6.07) is 7.48. The Labute approximate surface area is 156 Å². The number of nitrogens with one attached hydrogen (secondary N) is 1. The summed E-state index contributed by atoms with van der Waals surface area (Å²) in [5, 5.41) is 3.52. The van der Waals surface area contributed by atoms with Gasteiger partial charge in [0, 0.05) is 20.0 Å². The zero-order valence-corrected chi connectivity index (χ0v) is 15.9. The number of rotatable bonds is 6. The van der Waals surface area contributed by atoms with E-state index in [0.717, 1.165) is 15.2 Å². The lowest BCUT2D eigenvalue weighted by Gasteiger charge is -2.18. The predicted octanol–water partition coefficient (Wildman–Crippen LogP) is 2.37. The fourth-order valence-electron chi connectivity index (χ4n) is 2.88. The van der Waals surface area contributed by atoms with Crippen molar-refractivity contribution in [3.8, 4) is 0 Å². The van der Waals surface area contributed by atoms with Gasteiger partial charge >= 0.3 is 6.03 Å². The second kappa shape index (κ2) is 7.03. The molecule has 1 aliphatic heterocycles. The van der Waals surface area contributed by atoms with Crippen molar-refractivity contribution in [2.75, 3.05) is 13.6 Å². The van der Waals surface area contributed by atoms with E-state index in [4.69, 9.17) is 0 Å². The largest absolute Gasteiger partial charge is 0.339 e. The number of amides is 4. The summed E-state index contributed by atoms with van der Waals surface area (Å²) in [6.45, 7) is 4.04. The lowest BCUT2D eigenvalue weighted by atomic mass is 10.1. The van der Waals surface area contributed by atoms with Crippen LogP contribution in [-0.2, 0) is 16.1 Å². The van der Waals surface area contributed by atoms with Crippen molar-refractivity contribution in [1.82, 2.24) is 20.1 Å². The molecule has 7 nitrogen and oxygen atoms in total. The molecule has 1 aromatic carbocycles. The van der Waals surface area contributed by atoms with Gasteiger partial charge in [0.1, 0.15) is 10.5 Å². The number of carbonyl (C=O) groups is 3. The summed E-state index contributed by atoms with van der Waals surface area (Å²) >= 11 is 1.58. The summed E-state index contributed by atoms with van der Waals surface area (Å²) < 4.78 is 1.10. The average Bonchev–Trinajstić information content (AvgIpc) is 3.07. The second-order valence-corrected chi connectivity index (χ2v) is 8.06. The number of fused-ring (bicyclic) bond motifs is 1. The van der Waals surface area contributed by atoms with Crippen LogP contribution in [0, 0.1) is 0 Å². The molecular formula is C18H22N4O3S. The molecule has 0 bridgehead atoms. The van der Waals surface area contributed by atoms with Crippen LogP contribution < -0.4 is 5.32 Å². The first-order chi connectivity index (χ1) is 12.3. The van der Waals surface area contributed by atoms with Gasteiger partial charge in [-0.3, -0.25) is 14.5 Å². The van der Waals surface area contributed by atoms with Crippen molar-refractivity contribution in [2.24, 2.45) is 0 Å². The molecule has 1 aromatic heterocycles. The Bertz CT molecular complexity index is 828. The second-order valence-electron chi connectivity index (χ2n) is 6.94. The lowest BCUT2D eigenvalue weighted by Crippen LogP contribution is -2.40. The van der Waals surface area contributed by atoms with Gasteiger partial charge in [0.2, 0.25) is 5.91 Å². The van der Waals surface area contributed by atoms with Crippen LogP contribution in [0.3, 0.4) is 0 Å². The number of carbonyl (C=O) groups excluding carboxylic acids is 3. The number of urea groups is 1. The smallest absolute Gasteiger partial charge is 0.325 e. The maximum atomic E-state index is 12.3. The lowest BCUT2D eigenvalue weighted by molar-refractivity contribution is -0.132. The van der Waals surface area contributed by atoms with E-state index in [1.807, 2.05) is 24.3 Å². The Balaban J connectivity index is 1.50. The Morgan fingerprint density at radius 2 is 2.04 bits per heavy atom. The number of para-hydroxylation sites is 1. The van der Waals surface area contributed by atoms with Gasteiger partial charge in [0.05, 0.1) is 16.8 Å². The van der Waals surface area contributed by atoms with Crippen LogP contribution in [0.15, 0.2) is 24.3 Å². The monoisotopic (exact) mass is 374 g/mol. The third-order valence-corrected chi connectivity index (χ3v) is 5.37. The van der Waals surface area contributed by atoms with E-state index in [-0.39, 0.29) is 24.8 Å². The molecule has 1 saturated heterocycles. The number of hydrogen-bond donors (Lipinski definition) is 1. The Hall–Kier alpha value is -2.48. The van der Waals surface area contributed by atoms with Crippen LogP contribution in [0.1, 0.15) is 31.7 Å². The summed E-state index contributed by atoms with van der Waals surface area (Å²) in [6.07, 6.45) is 0.719.